The molecule has 0 unspecified atom stereocenters. The van der Waals surface area contributed by atoms with Gasteiger partial charge in [0, 0.05) is 18.8 Å². The number of carbonyl (C=O) groups is 1. The van der Waals surface area contributed by atoms with Crippen molar-refractivity contribution < 1.29 is 23.1 Å². The van der Waals surface area contributed by atoms with Gasteiger partial charge in [-0.15, -0.1) is 0 Å². The highest BCUT2D eigenvalue weighted by molar-refractivity contribution is 5.92. The highest BCUT2D eigenvalue weighted by atomic mass is 19.4. The lowest BCUT2D eigenvalue weighted by atomic mass is 9.93. The molecule has 1 saturated carbocycles. The van der Waals surface area contributed by atoms with E-state index in [0.717, 1.165) is 19.3 Å². The van der Waals surface area contributed by atoms with Crippen LogP contribution in [-0.2, 0) is 0 Å². The van der Waals surface area contributed by atoms with Gasteiger partial charge in [0.25, 0.3) is 5.91 Å². The summed E-state index contributed by atoms with van der Waals surface area (Å²) in [6.45, 7) is -2.16. The van der Waals surface area contributed by atoms with Gasteiger partial charge in [0.2, 0.25) is 0 Å². The number of hydrogen-bond acceptors (Lipinski definition) is 2. The predicted molar refractivity (Wildman–Crippen MR) is 66.4 cm³/mol. The summed E-state index contributed by atoms with van der Waals surface area (Å²) in [5.41, 5.74) is 0.257. The van der Waals surface area contributed by atoms with Crippen molar-refractivity contribution in [3.8, 4) is 0 Å². The molecule has 0 bridgehead atoms. The molecule has 1 aliphatic rings. The van der Waals surface area contributed by atoms with E-state index in [1.807, 2.05) is 0 Å². The van der Waals surface area contributed by atoms with Crippen molar-refractivity contribution >= 4 is 5.91 Å². The Balaban J connectivity index is 2.16. The largest absolute Gasteiger partial charge is 0.406 e. The second-order valence-corrected chi connectivity index (χ2v) is 4.95. The highest BCUT2D eigenvalue weighted by Crippen LogP contribution is 2.33. The van der Waals surface area contributed by atoms with Gasteiger partial charge in [-0.05, 0) is 31.4 Å². The summed E-state index contributed by atoms with van der Waals surface area (Å²) in [4.78, 5) is 12.9. The zero-order valence-corrected chi connectivity index (χ0v) is 10.9. The summed E-state index contributed by atoms with van der Waals surface area (Å²) in [5.74, 6) is -0.687. The second-order valence-electron chi connectivity index (χ2n) is 4.95. The van der Waals surface area contributed by atoms with Gasteiger partial charge in [-0.1, -0.05) is 0 Å². The van der Waals surface area contributed by atoms with Crippen molar-refractivity contribution in [2.24, 2.45) is 0 Å². The lowest BCUT2D eigenvalue weighted by Gasteiger charge is -2.30. The number of rotatable bonds is 5. The van der Waals surface area contributed by atoms with E-state index in [1.54, 1.807) is 16.8 Å². The van der Waals surface area contributed by atoms with Gasteiger partial charge in [0.1, 0.15) is 12.2 Å². The SMILES string of the molecule is O=C(c1cccn1C1CCC1)N(CCO)CC(F)(F)F. The second kappa shape index (κ2) is 5.87. The number of amides is 1. The molecule has 112 valence electrons. The van der Waals surface area contributed by atoms with E-state index in [-0.39, 0.29) is 18.3 Å². The molecule has 0 atom stereocenters. The number of halogens is 3. The van der Waals surface area contributed by atoms with Crippen molar-refractivity contribution in [1.29, 1.82) is 0 Å². The number of aromatic nitrogens is 1. The monoisotopic (exact) mass is 290 g/mol. The third kappa shape index (κ3) is 3.33. The summed E-state index contributed by atoms with van der Waals surface area (Å²) in [7, 11) is 0. The molecule has 1 heterocycles. The van der Waals surface area contributed by atoms with E-state index in [1.165, 1.54) is 6.07 Å². The van der Waals surface area contributed by atoms with Gasteiger partial charge in [0.05, 0.1) is 6.61 Å². The molecule has 7 heteroatoms. The first-order valence-corrected chi connectivity index (χ1v) is 6.56. The Hall–Kier alpha value is -1.50. The van der Waals surface area contributed by atoms with Gasteiger partial charge >= 0.3 is 6.18 Å². The summed E-state index contributed by atoms with van der Waals surface area (Å²) < 4.78 is 39.2. The normalized spacial score (nSPS) is 16.0. The van der Waals surface area contributed by atoms with E-state index in [0.29, 0.717) is 4.90 Å². The van der Waals surface area contributed by atoms with Gasteiger partial charge in [0.15, 0.2) is 0 Å². The lowest BCUT2D eigenvalue weighted by Crippen LogP contribution is -2.41. The standard InChI is InChI=1S/C13H17F3N2O2/c14-13(15,16)9-17(7-8-19)12(20)11-5-2-6-18(11)10-3-1-4-10/h2,5-6,10,19H,1,3-4,7-9H2. The minimum absolute atomic E-state index is 0.200. The Bertz CT molecular complexity index is 466. The molecule has 1 aromatic rings. The summed E-state index contributed by atoms with van der Waals surface area (Å²) >= 11 is 0. The average Bonchev–Trinajstić information content (AvgIpc) is 2.72. The maximum absolute atomic E-state index is 12.5. The molecule has 0 spiro atoms. The molecule has 0 radical (unpaired) electrons. The Morgan fingerprint density at radius 1 is 1.45 bits per heavy atom. The van der Waals surface area contributed by atoms with Crippen molar-refractivity contribution in [3.05, 3.63) is 24.0 Å². The third-order valence-corrected chi connectivity index (χ3v) is 3.49. The Morgan fingerprint density at radius 2 is 2.15 bits per heavy atom. The summed E-state index contributed by atoms with van der Waals surface area (Å²) in [6, 6.07) is 3.39. The van der Waals surface area contributed by atoms with E-state index in [4.69, 9.17) is 5.11 Å². The number of aliphatic hydroxyl groups is 1. The molecular weight excluding hydrogens is 273 g/mol. The van der Waals surface area contributed by atoms with Crippen LogP contribution in [-0.4, -0.2) is 46.4 Å². The zero-order valence-electron chi connectivity index (χ0n) is 10.9. The van der Waals surface area contributed by atoms with Crippen LogP contribution < -0.4 is 0 Å². The molecule has 0 aliphatic heterocycles. The molecule has 2 rings (SSSR count). The topological polar surface area (TPSA) is 45.5 Å². The minimum atomic E-state index is -4.47. The van der Waals surface area contributed by atoms with Crippen molar-refractivity contribution in [1.82, 2.24) is 9.47 Å². The van der Waals surface area contributed by atoms with Crippen LogP contribution in [0.2, 0.25) is 0 Å². The summed E-state index contributed by atoms with van der Waals surface area (Å²) in [6.07, 6.45) is 0.197. The molecule has 4 nitrogen and oxygen atoms in total. The van der Waals surface area contributed by atoms with Crippen LogP contribution in [0.4, 0.5) is 13.2 Å². The van der Waals surface area contributed by atoms with Crippen LogP contribution in [0.3, 0.4) is 0 Å². The fourth-order valence-electron chi connectivity index (χ4n) is 2.31. The number of nitrogens with zero attached hydrogens (tertiary/aromatic N) is 2. The van der Waals surface area contributed by atoms with E-state index in [2.05, 4.69) is 0 Å². The van der Waals surface area contributed by atoms with Crippen molar-refractivity contribution in [2.45, 2.75) is 31.5 Å². The quantitative estimate of drug-likeness (QED) is 0.903. The lowest BCUT2D eigenvalue weighted by molar-refractivity contribution is -0.141. The molecule has 1 N–H and O–H groups in total. The maximum atomic E-state index is 12.5. The van der Waals surface area contributed by atoms with E-state index in [9.17, 15) is 18.0 Å². The van der Waals surface area contributed by atoms with Crippen molar-refractivity contribution in [3.63, 3.8) is 0 Å². The van der Waals surface area contributed by atoms with Gasteiger partial charge in [-0.2, -0.15) is 13.2 Å². The van der Waals surface area contributed by atoms with Crippen LogP contribution >= 0.6 is 0 Å². The Kier molecular flexibility index (Phi) is 4.37. The first-order chi connectivity index (χ1) is 9.42. The van der Waals surface area contributed by atoms with Gasteiger partial charge in [-0.25, -0.2) is 0 Å². The Labute approximate surface area is 114 Å². The smallest absolute Gasteiger partial charge is 0.395 e. The minimum Gasteiger partial charge on any atom is -0.395 e. The number of carbonyl (C=O) groups excluding carboxylic acids is 1. The highest BCUT2D eigenvalue weighted by Gasteiger charge is 2.34. The molecule has 0 saturated heterocycles. The molecule has 1 fully saturated rings. The number of hydrogen-bond donors (Lipinski definition) is 1. The zero-order chi connectivity index (χ0) is 14.8. The number of aliphatic hydroxyl groups excluding tert-OH is 1. The molecule has 0 aromatic carbocycles. The van der Waals surface area contributed by atoms with Crippen molar-refractivity contribution in [2.75, 3.05) is 19.7 Å². The molecule has 1 aliphatic carbocycles. The van der Waals surface area contributed by atoms with Crippen LogP contribution in [0.1, 0.15) is 35.8 Å². The molecule has 1 aromatic heterocycles. The van der Waals surface area contributed by atoms with Crippen LogP contribution in [0, 0.1) is 0 Å². The fraction of sp³-hybridized carbons (Fsp3) is 0.615. The first-order valence-electron chi connectivity index (χ1n) is 6.56. The number of alkyl halides is 3. The van der Waals surface area contributed by atoms with Crippen LogP contribution in [0.25, 0.3) is 0 Å². The maximum Gasteiger partial charge on any atom is 0.406 e. The molecule has 1 amide bonds. The molecule has 20 heavy (non-hydrogen) atoms. The van der Waals surface area contributed by atoms with Crippen LogP contribution in [0.15, 0.2) is 18.3 Å². The van der Waals surface area contributed by atoms with Gasteiger partial charge in [-0.3, -0.25) is 4.79 Å². The van der Waals surface area contributed by atoms with E-state index < -0.39 is 25.2 Å². The molecular formula is C13H17F3N2O2. The average molecular weight is 290 g/mol. The Morgan fingerprint density at radius 3 is 2.65 bits per heavy atom. The van der Waals surface area contributed by atoms with Gasteiger partial charge < -0.3 is 14.6 Å². The third-order valence-electron chi connectivity index (χ3n) is 3.49. The summed E-state index contributed by atoms with van der Waals surface area (Å²) in [5, 5.41) is 8.85. The first kappa shape index (κ1) is 14.9. The van der Waals surface area contributed by atoms with E-state index >= 15 is 0 Å². The van der Waals surface area contributed by atoms with Crippen LogP contribution in [0.5, 0.6) is 0 Å². The fourth-order valence-corrected chi connectivity index (χ4v) is 2.31. The predicted octanol–water partition coefficient (Wildman–Crippen LogP) is 2.21.